The van der Waals surface area contributed by atoms with Crippen LogP contribution in [0.25, 0.3) is 0 Å². The summed E-state index contributed by atoms with van der Waals surface area (Å²) in [7, 11) is 3.16. The third-order valence-electron chi connectivity index (χ3n) is 1.89. The maximum atomic E-state index is 11.1. The lowest BCUT2D eigenvalue weighted by Gasteiger charge is -2.16. The summed E-state index contributed by atoms with van der Waals surface area (Å²) in [6.07, 6.45) is -2.24. The number of hydrogen-bond donors (Lipinski definition) is 3. The summed E-state index contributed by atoms with van der Waals surface area (Å²) < 4.78 is 0. The number of nitrogens with zero attached hydrogens (tertiary/aromatic N) is 1. The van der Waals surface area contributed by atoms with Crippen LogP contribution in [-0.4, -0.2) is 53.2 Å². The monoisotopic (exact) mass is 218 g/mol. The molecule has 0 heterocycles. The van der Waals surface area contributed by atoms with Crippen LogP contribution in [0.1, 0.15) is 19.3 Å². The van der Waals surface area contributed by atoms with Gasteiger partial charge in [-0.3, -0.25) is 9.59 Å². The molecule has 0 radical (unpaired) electrons. The van der Waals surface area contributed by atoms with E-state index in [0.717, 1.165) is 0 Å². The minimum absolute atomic E-state index is 0.0253. The first-order chi connectivity index (χ1) is 6.82. The van der Waals surface area contributed by atoms with Gasteiger partial charge in [-0.05, 0) is 0 Å². The van der Waals surface area contributed by atoms with Crippen molar-refractivity contribution < 1.29 is 19.8 Å². The maximum Gasteiger partial charge on any atom is 0.224 e. The normalized spacial score (nSPS) is 14.4. The van der Waals surface area contributed by atoms with Gasteiger partial charge in [0, 0.05) is 20.5 Å². The van der Waals surface area contributed by atoms with Crippen molar-refractivity contribution in [2.45, 2.75) is 31.5 Å². The third-order valence-corrected chi connectivity index (χ3v) is 1.89. The van der Waals surface area contributed by atoms with Gasteiger partial charge in [-0.15, -0.1) is 0 Å². The largest absolute Gasteiger partial charge is 0.392 e. The molecule has 0 aliphatic carbocycles. The van der Waals surface area contributed by atoms with Gasteiger partial charge in [0.2, 0.25) is 11.8 Å². The molecule has 88 valence electrons. The van der Waals surface area contributed by atoms with Crippen molar-refractivity contribution in [3.63, 3.8) is 0 Å². The average molecular weight is 218 g/mol. The highest BCUT2D eigenvalue weighted by atomic mass is 16.3. The highest BCUT2D eigenvalue weighted by Gasteiger charge is 2.17. The molecule has 0 aromatic carbocycles. The molecule has 2 amide bonds. The second kappa shape index (κ2) is 6.36. The number of aliphatic hydroxyl groups is 2. The van der Waals surface area contributed by atoms with Crippen molar-refractivity contribution in [1.29, 1.82) is 0 Å². The van der Waals surface area contributed by atoms with E-state index in [1.165, 1.54) is 4.90 Å². The molecule has 0 spiro atoms. The summed E-state index contributed by atoms with van der Waals surface area (Å²) in [4.78, 5) is 22.9. The Hall–Kier alpha value is -1.14. The van der Waals surface area contributed by atoms with E-state index in [1.807, 2.05) is 0 Å². The SMILES string of the molecule is CN(C)C(=O)C[C@H](O)C[C@@H](O)CC(N)=O. The lowest BCUT2D eigenvalue weighted by atomic mass is 10.1. The zero-order chi connectivity index (χ0) is 12.0. The molecule has 0 aromatic rings. The van der Waals surface area contributed by atoms with Crippen molar-refractivity contribution >= 4 is 11.8 Å². The van der Waals surface area contributed by atoms with E-state index in [9.17, 15) is 19.8 Å². The molecule has 6 heteroatoms. The molecule has 0 saturated carbocycles. The highest BCUT2D eigenvalue weighted by Crippen LogP contribution is 2.06. The Morgan fingerprint density at radius 3 is 2.07 bits per heavy atom. The third kappa shape index (κ3) is 6.87. The van der Waals surface area contributed by atoms with E-state index in [2.05, 4.69) is 0 Å². The van der Waals surface area contributed by atoms with Gasteiger partial charge in [0.1, 0.15) is 0 Å². The van der Waals surface area contributed by atoms with Crippen LogP contribution in [0, 0.1) is 0 Å². The van der Waals surface area contributed by atoms with Crippen LogP contribution in [0.4, 0.5) is 0 Å². The maximum absolute atomic E-state index is 11.1. The fourth-order valence-electron chi connectivity index (χ4n) is 1.10. The molecule has 4 N–H and O–H groups in total. The molecule has 0 aromatic heterocycles. The van der Waals surface area contributed by atoms with E-state index in [4.69, 9.17) is 5.73 Å². The Balaban J connectivity index is 3.87. The zero-order valence-corrected chi connectivity index (χ0v) is 9.01. The van der Waals surface area contributed by atoms with Gasteiger partial charge >= 0.3 is 0 Å². The van der Waals surface area contributed by atoms with Crippen molar-refractivity contribution in [2.24, 2.45) is 5.73 Å². The number of hydrogen-bond acceptors (Lipinski definition) is 4. The summed E-state index contributed by atoms with van der Waals surface area (Å²) in [5.74, 6) is -0.859. The smallest absolute Gasteiger partial charge is 0.224 e. The summed E-state index contributed by atoms with van der Waals surface area (Å²) in [5, 5.41) is 18.6. The standard InChI is InChI=1S/C9H18N2O4/c1-11(2)9(15)5-7(13)3-6(12)4-8(10)14/h6-7,12-13H,3-5H2,1-2H3,(H2,10,14)/t6-,7-/m1/s1. The molecule has 0 aliphatic rings. The number of primary amides is 1. The molecule has 15 heavy (non-hydrogen) atoms. The van der Waals surface area contributed by atoms with Crippen LogP contribution in [0.5, 0.6) is 0 Å². The molecule has 0 rings (SSSR count). The van der Waals surface area contributed by atoms with Crippen molar-refractivity contribution in [2.75, 3.05) is 14.1 Å². The van der Waals surface area contributed by atoms with Gasteiger partial charge in [-0.25, -0.2) is 0 Å². The minimum atomic E-state index is -0.993. The first kappa shape index (κ1) is 13.9. The first-order valence-corrected chi connectivity index (χ1v) is 4.67. The van der Waals surface area contributed by atoms with Crippen LogP contribution in [0.2, 0.25) is 0 Å². The number of carbonyl (C=O) groups is 2. The fourth-order valence-corrected chi connectivity index (χ4v) is 1.10. The zero-order valence-electron chi connectivity index (χ0n) is 9.01. The molecule has 0 saturated heterocycles. The first-order valence-electron chi connectivity index (χ1n) is 4.67. The van der Waals surface area contributed by atoms with Gasteiger partial charge < -0.3 is 20.8 Å². The highest BCUT2D eigenvalue weighted by molar-refractivity contribution is 5.76. The predicted octanol–water partition coefficient (Wildman–Crippen LogP) is -1.55. The van der Waals surface area contributed by atoms with E-state index >= 15 is 0 Å². The Bertz CT molecular complexity index is 230. The summed E-state index contributed by atoms with van der Waals surface area (Å²) in [5.41, 5.74) is 4.86. The quantitative estimate of drug-likeness (QED) is 0.502. The average Bonchev–Trinajstić information content (AvgIpc) is 2.00. The van der Waals surface area contributed by atoms with Gasteiger partial charge in [-0.1, -0.05) is 0 Å². The van der Waals surface area contributed by atoms with Crippen LogP contribution in [-0.2, 0) is 9.59 Å². The van der Waals surface area contributed by atoms with Gasteiger partial charge in [0.25, 0.3) is 0 Å². The number of nitrogens with two attached hydrogens (primary N) is 1. The number of amides is 2. The lowest BCUT2D eigenvalue weighted by molar-refractivity contribution is -0.131. The van der Waals surface area contributed by atoms with Crippen LogP contribution < -0.4 is 5.73 Å². The Morgan fingerprint density at radius 2 is 1.67 bits per heavy atom. The van der Waals surface area contributed by atoms with Gasteiger partial charge in [0.05, 0.1) is 25.0 Å². The molecule has 2 atom stereocenters. The van der Waals surface area contributed by atoms with Crippen LogP contribution >= 0.6 is 0 Å². The van der Waals surface area contributed by atoms with E-state index in [0.29, 0.717) is 0 Å². The van der Waals surface area contributed by atoms with Crippen molar-refractivity contribution in [1.82, 2.24) is 4.90 Å². The summed E-state index contributed by atoms with van der Waals surface area (Å²) in [6.45, 7) is 0. The second-order valence-corrected chi connectivity index (χ2v) is 3.71. The Morgan fingerprint density at radius 1 is 1.20 bits per heavy atom. The van der Waals surface area contributed by atoms with Crippen molar-refractivity contribution in [3.05, 3.63) is 0 Å². The van der Waals surface area contributed by atoms with Crippen LogP contribution in [0.3, 0.4) is 0 Å². The molecule has 0 bridgehead atoms. The van der Waals surface area contributed by atoms with Gasteiger partial charge in [0.15, 0.2) is 0 Å². The molecule has 0 fully saturated rings. The number of rotatable bonds is 6. The molecule has 0 unspecified atom stereocenters. The molecule has 6 nitrogen and oxygen atoms in total. The molecule has 0 aliphatic heterocycles. The Labute approximate surface area is 88.7 Å². The minimum Gasteiger partial charge on any atom is -0.392 e. The summed E-state index contributed by atoms with van der Waals surface area (Å²) >= 11 is 0. The molecular formula is C9H18N2O4. The van der Waals surface area contributed by atoms with E-state index < -0.39 is 18.1 Å². The van der Waals surface area contributed by atoms with Crippen molar-refractivity contribution in [3.8, 4) is 0 Å². The van der Waals surface area contributed by atoms with E-state index in [-0.39, 0.29) is 25.2 Å². The summed E-state index contributed by atoms with van der Waals surface area (Å²) in [6, 6.07) is 0. The lowest BCUT2D eigenvalue weighted by Crippen LogP contribution is -2.29. The number of carbonyl (C=O) groups excluding carboxylic acids is 2. The number of aliphatic hydroxyl groups excluding tert-OH is 2. The van der Waals surface area contributed by atoms with E-state index in [1.54, 1.807) is 14.1 Å². The van der Waals surface area contributed by atoms with Gasteiger partial charge in [-0.2, -0.15) is 0 Å². The predicted molar refractivity (Wildman–Crippen MR) is 53.8 cm³/mol. The molecular weight excluding hydrogens is 200 g/mol. The second-order valence-electron chi connectivity index (χ2n) is 3.71. The topological polar surface area (TPSA) is 104 Å². The Kier molecular flexibility index (Phi) is 5.88. The fraction of sp³-hybridized carbons (Fsp3) is 0.778. The van der Waals surface area contributed by atoms with Crippen LogP contribution in [0.15, 0.2) is 0 Å².